The van der Waals surface area contributed by atoms with Gasteiger partial charge in [-0.1, -0.05) is 0 Å². The molecule has 2 N–H and O–H groups in total. The Hall–Kier alpha value is -0.880. The molecule has 0 spiro atoms. The molecule has 6 heteroatoms. The molecule has 1 aromatic rings. The quantitative estimate of drug-likeness (QED) is 0.894. The molecule has 2 unspecified atom stereocenters. The molecule has 18 heavy (non-hydrogen) atoms. The highest BCUT2D eigenvalue weighted by molar-refractivity contribution is 9.10. The van der Waals surface area contributed by atoms with Gasteiger partial charge in [0, 0.05) is 19.3 Å². The minimum absolute atomic E-state index is 0.0830. The van der Waals surface area contributed by atoms with Crippen LogP contribution in [0.5, 0.6) is 0 Å². The van der Waals surface area contributed by atoms with Gasteiger partial charge in [0.2, 0.25) is 5.95 Å². The van der Waals surface area contributed by atoms with E-state index in [-0.39, 0.29) is 11.6 Å². The highest BCUT2D eigenvalue weighted by Gasteiger charge is 2.37. The largest absolute Gasteiger partial charge is 0.376 e. The first-order valence-corrected chi connectivity index (χ1v) is 7.00. The maximum atomic E-state index is 5.62. The summed E-state index contributed by atoms with van der Waals surface area (Å²) in [6.45, 7) is 7.85. The Balaban J connectivity index is 2.19. The summed E-state index contributed by atoms with van der Waals surface area (Å²) in [5.41, 5.74) is -0.0830. The van der Waals surface area contributed by atoms with Crippen molar-refractivity contribution in [2.45, 2.75) is 38.8 Å². The number of rotatable bonds is 4. The van der Waals surface area contributed by atoms with E-state index >= 15 is 0 Å². The molecule has 0 saturated carbocycles. The molecule has 0 aromatic carbocycles. The van der Waals surface area contributed by atoms with Gasteiger partial charge >= 0.3 is 0 Å². The number of halogens is 1. The zero-order chi connectivity index (χ0) is 13.2. The molecular weight excluding hydrogens is 296 g/mol. The van der Waals surface area contributed by atoms with Crippen LogP contribution in [0.2, 0.25) is 0 Å². The lowest BCUT2D eigenvalue weighted by Gasteiger charge is -2.30. The van der Waals surface area contributed by atoms with Crippen molar-refractivity contribution < 1.29 is 4.74 Å². The van der Waals surface area contributed by atoms with Crippen LogP contribution in [0.25, 0.3) is 0 Å². The van der Waals surface area contributed by atoms with E-state index in [1.165, 1.54) is 0 Å². The summed E-state index contributed by atoms with van der Waals surface area (Å²) in [5.74, 6) is 1.44. The second-order valence-corrected chi connectivity index (χ2v) is 5.58. The van der Waals surface area contributed by atoms with Crippen molar-refractivity contribution in [3.63, 3.8) is 0 Å². The SMILES string of the molecule is CCNc1ncc(Br)c(NC2(C)CCOC2C)n1. The predicted octanol–water partition coefficient (Wildman–Crippen LogP) is 2.65. The average molecular weight is 315 g/mol. The monoisotopic (exact) mass is 314 g/mol. The van der Waals surface area contributed by atoms with E-state index in [2.05, 4.69) is 50.4 Å². The Kier molecular flexibility index (Phi) is 4.07. The zero-order valence-electron chi connectivity index (χ0n) is 11.0. The van der Waals surface area contributed by atoms with E-state index in [4.69, 9.17) is 4.74 Å². The molecule has 100 valence electrons. The molecule has 2 heterocycles. The van der Waals surface area contributed by atoms with E-state index in [0.717, 1.165) is 29.9 Å². The van der Waals surface area contributed by atoms with Crippen LogP contribution in [-0.2, 0) is 4.74 Å². The fourth-order valence-electron chi connectivity index (χ4n) is 1.97. The summed E-state index contributed by atoms with van der Waals surface area (Å²) < 4.78 is 6.49. The van der Waals surface area contributed by atoms with Crippen LogP contribution in [0.3, 0.4) is 0 Å². The Morgan fingerprint density at radius 3 is 3.00 bits per heavy atom. The number of hydrogen-bond acceptors (Lipinski definition) is 5. The minimum atomic E-state index is -0.0830. The first kappa shape index (κ1) is 13.5. The Morgan fingerprint density at radius 1 is 1.61 bits per heavy atom. The maximum Gasteiger partial charge on any atom is 0.224 e. The molecule has 0 bridgehead atoms. The van der Waals surface area contributed by atoms with Crippen molar-refractivity contribution in [3.05, 3.63) is 10.7 Å². The third-order valence-electron chi connectivity index (χ3n) is 3.37. The lowest BCUT2D eigenvalue weighted by molar-refractivity contribution is 0.105. The van der Waals surface area contributed by atoms with Crippen LogP contribution in [0.1, 0.15) is 27.2 Å². The standard InChI is InChI=1S/C12H19BrN4O/c1-4-14-11-15-7-9(13)10(16-11)17-12(3)5-6-18-8(12)2/h7-8H,4-6H2,1-3H3,(H2,14,15,16,17). The van der Waals surface area contributed by atoms with Gasteiger partial charge in [0.05, 0.1) is 16.1 Å². The van der Waals surface area contributed by atoms with Crippen molar-refractivity contribution in [3.8, 4) is 0 Å². The van der Waals surface area contributed by atoms with E-state index in [9.17, 15) is 0 Å². The maximum absolute atomic E-state index is 5.62. The third kappa shape index (κ3) is 2.75. The van der Waals surface area contributed by atoms with Gasteiger partial charge in [-0.3, -0.25) is 0 Å². The van der Waals surface area contributed by atoms with Crippen LogP contribution >= 0.6 is 15.9 Å². The molecule has 2 rings (SSSR count). The van der Waals surface area contributed by atoms with Gasteiger partial charge in [-0.2, -0.15) is 4.98 Å². The summed E-state index contributed by atoms with van der Waals surface area (Å²) in [6.07, 6.45) is 2.90. The van der Waals surface area contributed by atoms with E-state index < -0.39 is 0 Å². The molecule has 1 saturated heterocycles. The van der Waals surface area contributed by atoms with Crippen LogP contribution in [0.4, 0.5) is 11.8 Å². The lowest BCUT2D eigenvalue weighted by Crippen LogP contribution is -2.41. The molecule has 0 amide bonds. The summed E-state index contributed by atoms with van der Waals surface area (Å²) in [4.78, 5) is 8.67. The fraction of sp³-hybridized carbons (Fsp3) is 0.667. The van der Waals surface area contributed by atoms with Gasteiger partial charge in [-0.05, 0) is 43.1 Å². The van der Waals surface area contributed by atoms with E-state index in [1.54, 1.807) is 6.20 Å². The summed E-state index contributed by atoms with van der Waals surface area (Å²) in [5, 5.41) is 6.58. The van der Waals surface area contributed by atoms with Crippen LogP contribution in [-0.4, -0.2) is 34.8 Å². The molecule has 1 fully saturated rings. The van der Waals surface area contributed by atoms with Crippen molar-refractivity contribution in [1.29, 1.82) is 0 Å². The van der Waals surface area contributed by atoms with Crippen molar-refractivity contribution >= 4 is 27.7 Å². The molecule has 1 aliphatic heterocycles. The smallest absolute Gasteiger partial charge is 0.224 e. The van der Waals surface area contributed by atoms with E-state index in [1.807, 2.05) is 6.92 Å². The van der Waals surface area contributed by atoms with Gasteiger partial charge < -0.3 is 15.4 Å². The van der Waals surface area contributed by atoms with Gasteiger partial charge in [0.15, 0.2) is 0 Å². The fourth-order valence-corrected chi connectivity index (χ4v) is 2.26. The highest BCUT2D eigenvalue weighted by atomic mass is 79.9. The number of ether oxygens (including phenoxy) is 1. The Bertz CT molecular complexity index is 429. The normalized spacial score (nSPS) is 27.2. The van der Waals surface area contributed by atoms with Crippen LogP contribution in [0.15, 0.2) is 10.7 Å². The first-order valence-electron chi connectivity index (χ1n) is 6.21. The molecular formula is C12H19BrN4O. The zero-order valence-corrected chi connectivity index (χ0v) is 12.5. The van der Waals surface area contributed by atoms with Crippen molar-refractivity contribution in [2.75, 3.05) is 23.8 Å². The van der Waals surface area contributed by atoms with Gasteiger partial charge in [0.25, 0.3) is 0 Å². The second-order valence-electron chi connectivity index (χ2n) is 4.73. The van der Waals surface area contributed by atoms with Gasteiger partial charge in [-0.15, -0.1) is 0 Å². The topological polar surface area (TPSA) is 59.1 Å². The molecule has 5 nitrogen and oxygen atoms in total. The number of anilines is 2. The van der Waals surface area contributed by atoms with Gasteiger partial charge in [0.1, 0.15) is 5.82 Å². The summed E-state index contributed by atoms with van der Waals surface area (Å²) in [6, 6.07) is 0. The van der Waals surface area contributed by atoms with Crippen molar-refractivity contribution in [2.24, 2.45) is 0 Å². The summed E-state index contributed by atoms with van der Waals surface area (Å²) in [7, 11) is 0. The van der Waals surface area contributed by atoms with E-state index in [0.29, 0.717) is 5.95 Å². The van der Waals surface area contributed by atoms with Crippen LogP contribution < -0.4 is 10.6 Å². The number of nitrogens with one attached hydrogen (secondary N) is 2. The highest BCUT2D eigenvalue weighted by Crippen LogP contribution is 2.31. The first-order chi connectivity index (χ1) is 8.55. The van der Waals surface area contributed by atoms with Gasteiger partial charge in [-0.25, -0.2) is 4.98 Å². The molecule has 2 atom stereocenters. The Labute approximate surface area is 116 Å². The number of hydrogen-bond donors (Lipinski definition) is 2. The lowest BCUT2D eigenvalue weighted by atomic mass is 9.95. The third-order valence-corrected chi connectivity index (χ3v) is 3.95. The van der Waals surface area contributed by atoms with Crippen LogP contribution in [0, 0.1) is 0 Å². The number of nitrogens with zero attached hydrogens (tertiary/aromatic N) is 2. The van der Waals surface area contributed by atoms with Crippen molar-refractivity contribution in [1.82, 2.24) is 9.97 Å². The Morgan fingerprint density at radius 2 is 2.39 bits per heavy atom. The number of aromatic nitrogens is 2. The minimum Gasteiger partial charge on any atom is -0.376 e. The molecule has 1 aromatic heterocycles. The molecule has 0 aliphatic carbocycles. The predicted molar refractivity (Wildman–Crippen MR) is 76.0 cm³/mol. The second kappa shape index (κ2) is 5.40. The molecule has 0 radical (unpaired) electrons. The molecule has 1 aliphatic rings. The summed E-state index contributed by atoms with van der Waals surface area (Å²) >= 11 is 3.48. The average Bonchev–Trinajstić information content (AvgIpc) is 2.64.